The van der Waals surface area contributed by atoms with Crippen molar-refractivity contribution >= 4 is 53.4 Å². The zero-order valence-corrected chi connectivity index (χ0v) is 30.9. The maximum atomic E-state index is 6.38. The molecule has 0 fully saturated rings. The van der Waals surface area contributed by atoms with Crippen LogP contribution in [0.5, 0.6) is 0 Å². The minimum Gasteiger partial charge on any atom is -0.455 e. The average Bonchev–Trinajstić information content (AvgIpc) is 3.86. The Labute approximate surface area is 327 Å². The third-order valence-corrected chi connectivity index (χ3v) is 11.8. The molecule has 0 saturated heterocycles. The average molecular weight is 734 g/mol. The van der Waals surface area contributed by atoms with Crippen molar-refractivity contribution in [2.45, 2.75) is 0 Å². The second-order valence-electron chi connectivity index (χ2n) is 13.9. The fourth-order valence-electron chi connectivity index (χ4n) is 7.85. The summed E-state index contributed by atoms with van der Waals surface area (Å²) < 4.78 is 8.79. The zero-order chi connectivity index (χ0) is 37.0. The number of nitrogens with zero attached hydrogens (tertiary/aromatic N) is 3. The summed E-state index contributed by atoms with van der Waals surface area (Å²) in [4.78, 5) is 15.7. The molecule has 0 aliphatic heterocycles. The molecule has 0 aliphatic rings. The minimum atomic E-state index is 0.617. The molecule has 3 aromatic heterocycles. The highest BCUT2D eigenvalue weighted by Crippen LogP contribution is 2.41. The van der Waals surface area contributed by atoms with E-state index in [-0.39, 0.29) is 0 Å². The summed E-state index contributed by atoms with van der Waals surface area (Å²) in [5.74, 6) is 1.89. The van der Waals surface area contributed by atoms with E-state index in [9.17, 15) is 0 Å². The van der Waals surface area contributed by atoms with E-state index in [0.717, 1.165) is 65.6 Å². The van der Waals surface area contributed by atoms with Crippen molar-refractivity contribution in [1.29, 1.82) is 0 Å². The molecule has 8 aromatic carbocycles. The van der Waals surface area contributed by atoms with E-state index < -0.39 is 0 Å². The van der Waals surface area contributed by atoms with Crippen LogP contribution in [0.3, 0.4) is 0 Å². The predicted octanol–water partition coefficient (Wildman–Crippen LogP) is 14.1. The first kappa shape index (κ1) is 32.2. The van der Waals surface area contributed by atoms with Crippen LogP contribution < -0.4 is 0 Å². The SMILES string of the molecule is c1ccc(-c2ccc(-c3ccccc3-c3nc(-c4ccc(-c5cccc6c5oc5ccccc56)cc4)nc(-c4cccc5c4sc4ccccc45)n3)cc2)cc1. The predicted molar refractivity (Wildman–Crippen MR) is 233 cm³/mol. The molecule has 0 aliphatic carbocycles. The van der Waals surface area contributed by atoms with Gasteiger partial charge in [0.2, 0.25) is 0 Å². The van der Waals surface area contributed by atoms with E-state index in [0.29, 0.717) is 17.5 Å². The largest absolute Gasteiger partial charge is 0.455 e. The summed E-state index contributed by atoms with van der Waals surface area (Å²) in [6, 6.07) is 65.6. The number of hydrogen-bond donors (Lipinski definition) is 0. The number of thiophene rings is 1. The number of hydrogen-bond acceptors (Lipinski definition) is 5. The van der Waals surface area contributed by atoms with Crippen LogP contribution >= 0.6 is 11.3 Å². The normalized spacial score (nSPS) is 11.6. The Kier molecular flexibility index (Phi) is 7.64. The van der Waals surface area contributed by atoms with Gasteiger partial charge < -0.3 is 4.42 Å². The van der Waals surface area contributed by atoms with Crippen molar-refractivity contribution in [3.63, 3.8) is 0 Å². The van der Waals surface area contributed by atoms with Gasteiger partial charge in [0.05, 0.1) is 0 Å². The van der Waals surface area contributed by atoms with Crippen molar-refractivity contribution in [2.24, 2.45) is 0 Å². The topological polar surface area (TPSA) is 51.8 Å². The number of rotatable bonds is 6. The highest BCUT2D eigenvalue weighted by Gasteiger charge is 2.19. The fourth-order valence-corrected chi connectivity index (χ4v) is 9.06. The summed E-state index contributed by atoms with van der Waals surface area (Å²) in [6.07, 6.45) is 0. The lowest BCUT2D eigenvalue weighted by Crippen LogP contribution is -2.01. The molecule has 0 N–H and O–H groups in total. The molecule has 0 amide bonds. The van der Waals surface area contributed by atoms with E-state index in [1.807, 2.05) is 18.2 Å². The molecule has 11 rings (SSSR count). The first-order chi connectivity index (χ1) is 27.7. The Morgan fingerprint density at radius 2 is 0.839 bits per heavy atom. The fraction of sp³-hybridized carbons (Fsp3) is 0. The Balaban J connectivity index is 1.06. The third-order valence-electron chi connectivity index (χ3n) is 10.6. The van der Waals surface area contributed by atoms with Crippen LogP contribution in [-0.2, 0) is 0 Å². The van der Waals surface area contributed by atoms with Gasteiger partial charge in [0.15, 0.2) is 17.5 Å². The molecule has 0 unspecified atom stereocenters. The molecular formula is C51H31N3OS. The smallest absolute Gasteiger partial charge is 0.165 e. The molecule has 0 atom stereocenters. The Hall–Kier alpha value is -7.21. The summed E-state index contributed by atoms with van der Waals surface area (Å²) in [5, 5.41) is 4.67. The number of para-hydroxylation sites is 2. The first-order valence-electron chi connectivity index (χ1n) is 18.7. The molecule has 0 bridgehead atoms. The lowest BCUT2D eigenvalue weighted by Gasteiger charge is -2.13. The molecule has 262 valence electrons. The lowest BCUT2D eigenvalue weighted by atomic mass is 9.96. The van der Waals surface area contributed by atoms with Gasteiger partial charge in [-0.05, 0) is 46.0 Å². The van der Waals surface area contributed by atoms with Gasteiger partial charge in [0, 0.05) is 53.2 Å². The monoisotopic (exact) mass is 733 g/mol. The second-order valence-corrected chi connectivity index (χ2v) is 15.0. The molecular weight excluding hydrogens is 703 g/mol. The summed E-state index contributed by atoms with van der Waals surface area (Å²) in [7, 11) is 0. The highest BCUT2D eigenvalue weighted by atomic mass is 32.1. The molecule has 56 heavy (non-hydrogen) atoms. The maximum Gasteiger partial charge on any atom is 0.165 e. The van der Waals surface area contributed by atoms with E-state index in [1.54, 1.807) is 11.3 Å². The van der Waals surface area contributed by atoms with Crippen molar-refractivity contribution in [3.8, 4) is 67.5 Å². The standard InChI is InChI=1S/C51H31N3OS/c1-2-12-32(13-3-1)33-24-26-34(27-25-33)37-14-4-5-17-43(37)50-52-49(53-51(54-50)44-21-11-20-42-40-16-7-9-23-46(40)56-48(42)44)36-30-28-35(29-31-36)38-18-10-19-41-39-15-6-8-22-45(39)55-47(38)41/h1-31H. The molecule has 3 heterocycles. The van der Waals surface area contributed by atoms with Gasteiger partial charge >= 0.3 is 0 Å². The van der Waals surface area contributed by atoms with Gasteiger partial charge in [-0.25, -0.2) is 15.0 Å². The van der Waals surface area contributed by atoms with Crippen LogP contribution in [0.2, 0.25) is 0 Å². The van der Waals surface area contributed by atoms with Crippen LogP contribution in [0.1, 0.15) is 0 Å². The second kappa shape index (κ2) is 13.3. The van der Waals surface area contributed by atoms with Crippen LogP contribution in [0.15, 0.2) is 192 Å². The van der Waals surface area contributed by atoms with E-state index in [2.05, 4.69) is 170 Å². The molecule has 0 spiro atoms. The van der Waals surface area contributed by atoms with Gasteiger partial charge in [-0.15, -0.1) is 11.3 Å². The molecule has 0 radical (unpaired) electrons. The lowest BCUT2D eigenvalue weighted by molar-refractivity contribution is 0.670. The summed E-state index contributed by atoms with van der Waals surface area (Å²) >= 11 is 1.78. The molecule has 11 aromatic rings. The van der Waals surface area contributed by atoms with Crippen molar-refractivity contribution in [3.05, 3.63) is 188 Å². The zero-order valence-electron chi connectivity index (χ0n) is 30.1. The van der Waals surface area contributed by atoms with Crippen molar-refractivity contribution in [1.82, 2.24) is 15.0 Å². The third kappa shape index (κ3) is 5.48. The van der Waals surface area contributed by atoms with Gasteiger partial charge in [-0.2, -0.15) is 0 Å². The molecule has 0 saturated carbocycles. The van der Waals surface area contributed by atoms with E-state index in [1.165, 1.54) is 26.6 Å². The van der Waals surface area contributed by atoms with Crippen LogP contribution in [-0.4, -0.2) is 15.0 Å². The van der Waals surface area contributed by atoms with E-state index >= 15 is 0 Å². The molecule has 5 heteroatoms. The van der Waals surface area contributed by atoms with Gasteiger partial charge in [0.25, 0.3) is 0 Å². The summed E-state index contributed by atoms with van der Waals surface area (Å²) in [5.41, 5.74) is 11.2. The van der Waals surface area contributed by atoms with Gasteiger partial charge in [-0.1, -0.05) is 170 Å². The minimum absolute atomic E-state index is 0.617. The van der Waals surface area contributed by atoms with Crippen molar-refractivity contribution < 1.29 is 4.42 Å². The molecule has 4 nitrogen and oxygen atoms in total. The quantitative estimate of drug-likeness (QED) is 0.171. The van der Waals surface area contributed by atoms with Crippen LogP contribution in [0.4, 0.5) is 0 Å². The van der Waals surface area contributed by atoms with Crippen molar-refractivity contribution in [2.75, 3.05) is 0 Å². The van der Waals surface area contributed by atoms with Gasteiger partial charge in [-0.3, -0.25) is 0 Å². The number of aromatic nitrogens is 3. The first-order valence-corrected chi connectivity index (χ1v) is 19.5. The Morgan fingerprint density at radius 1 is 0.321 bits per heavy atom. The maximum absolute atomic E-state index is 6.38. The highest BCUT2D eigenvalue weighted by molar-refractivity contribution is 7.26. The van der Waals surface area contributed by atoms with Crippen LogP contribution in [0, 0.1) is 0 Å². The van der Waals surface area contributed by atoms with Gasteiger partial charge in [0.1, 0.15) is 11.2 Å². The number of furan rings is 1. The number of benzene rings is 8. The summed E-state index contributed by atoms with van der Waals surface area (Å²) in [6.45, 7) is 0. The number of fused-ring (bicyclic) bond motifs is 6. The Bertz CT molecular complexity index is 3240. The van der Waals surface area contributed by atoms with Crippen LogP contribution in [0.25, 0.3) is 110 Å². The van der Waals surface area contributed by atoms with E-state index in [4.69, 9.17) is 19.4 Å². The Morgan fingerprint density at radius 3 is 1.64 bits per heavy atom.